The van der Waals surface area contributed by atoms with E-state index in [-0.39, 0.29) is 17.8 Å². The first-order valence-electron chi connectivity index (χ1n) is 50.1. The summed E-state index contributed by atoms with van der Waals surface area (Å²) in [6.45, 7) is 22.2. The lowest BCUT2D eigenvalue weighted by atomic mass is 9.90. The van der Waals surface area contributed by atoms with Crippen LogP contribution in [-0.4, -0.2) is 72.0 Å². The Labute approximate surface area is 815 Å². The summed E-state index contributed by atoms with van der Waals surface area (Å²) in [6.07, 6.45) is 28.8. The lowest BCUT2D eigenvalue weighted by Gasteiger charge is -2.37. The van der Waals surface area contributed by atoms with Crippen LogP contribution in [-0.2, 0) is 76.1 Å². The van der Waals surface area contributed by atoms with Crippen molar-refractivity contribution in [2.75, 3.05) is 55.9 Å². The van der Waals surface area contributed by atoms with Crippen LogP contribution in [0.15, 0.2) is 231 Å². The number of aromatic nitrogens is 4. The summed E-state index contributed by atoms with van der Waals surface area (Å²) in [4.78, 5) is 66.3. The number of pyridine rings is 4. The molecule has 2 aliphatic heterocycles. The lowest BCUT2D eigenvalue weighted by Crippen LogP contribution is -2.34. The zero-order valence-corrected chi connectivity index (χ0v) is 81.3. The standard InChI is InChI=1S/C123H122N6O10/c1-8-13-17-21-47-133-79-96-59-90-33-29-86-53-87(56-94(55-86)78-128(12-5)117-73-118-111(51-85(117)7)84(6)52-119(130)138-118)30-34-91-60-97(80-134-48-22-18-14-9-2)68-106(64-91)102-38-42-114(125-75-102)116-44-40-104(77-127-116)108-66-93(62-99(70-108)82-136-50-24-20-16-11-4)36-32-89-54-88(57-95(58-89)83-137-122(131)112-72-109-71-100-27-25-45-129-46-26-28-110(120(100)129)121(109)139-123(112)132)31-35-92-61-98(81-135-49-23-19-15-10-3)69-107(65-92)103-39-43-115(126-76-103)113-41-37-101(74-124-113)105(63-90)67-96/h37-44,51-77H,8-28,45-50,78-83H2,1-7H3. The van der Waals surface area contributed by atoms with Crippen LogP contribution in [0.3, 0.4) is 0 Å². The number of carbonyl (C=O) groups is 1. The minimum Gasteiger partial charge on any atom is -0.457 e. The van der Waals surface area contributed by atoms with Crippen molar-refractivity contribution in [3.05, 3.63) is 343 Å². The molecule has 0 spiro atoms. The molecule has 0 saturated carbocycles. The number of fused-ring (bicyclic) bond motifs is 3. The highest BCUT2D eigenvalue weighted by Gasteiger charge is 2.29. The average molecular weight is 1840 g/mol. The fourth-order valence-corrected chi connectivity index (χ4v) is 18.8. The summed E-state index contributed by atoms with van der Waals surface area (Å²) in [5, 5.41) is 14.9. The maximum absolute atomic E-state index is 14.4. The predicted octanol–water partition coefficient (Wildman–Crippen LogP) is 28.7. The first-order chi connectivity index (χ1) is 68.1. The van der Waals surface area contributed by atoms with Gasteiger partial charge in [-0.15, -0.1) is 0 Å². The van der Waals surface area contributed by atoms with Crippen molar-refractivity contribution in [3.63, 3.8) is 0 Å². The van der Waals surface area contributed by atoms with E-state index in [0.29, 0.717) is 116 Å². The first kappa shape index (κ1) is 96.6. The number of unbranched alkanes of at least 4 members (excludes halogenated alkanes) is 12. The highest BCUT2D eigenvalue weighted by atomic mass is 16.5. The molecule has 0 fully saturated rings. The number of rotatable bonds is 35. The molecule has 0 unspecified atom stereocenters. The fourth-order valence-electron chi connectivity index (χ4n) is 18.8. The summed E-state index contributed by atoms with van der Waals surface area (Å²) in [6, 6.07) is 92.0. The maximum Gasteiger partial charge on any atom is 0.351 e. The zero-order valence-electron chi connectivity index (χ0n) is 81.3. The molecule has 0 amide bonds. The van der Waals surface area contributed by atoms with E-state index < -0.39 is 11.6 Å². The van der Waals surface area contributed by atoms with Crippen molar-refractivity contribution >= 4 is 148 Å². The van der Waals surface area contributed by atoms with Crippen LogP contribution in [0.1, 0.15) is 216 Å². The van der Waals surface area contributed by atoms with Gasteiger partial charge in [-0.2, -0.15) is 0 Å². The monoisotopic (exact) mass is 1840 g/mol. The van der Waals surface area contributed by atoms with Gasteiger partial charge in [-0.25, -0.2) is 14.4 Å². The van der Waals surface area contributed by atoms with Crippen LogP contribution in [0.5, 0.6) is 0 Å². The quantitative estimate of drug-likeness (QED) is 0.0208. The largest absolute Gasteiger partial charge is 0.457 e. The van der Waals surface area contributed by atoms with Gasteiger partial charge in [-0.3, -0.25) is 19.9 Å². The van der Waals surface area contributed by atoms with Gasteiger partial charge in [-0.05, 0) is 295 Å². The predicted molar refractivity (Wildman–Crippen MR) is 565 cm³/mol. The molecule has 0 atom stereocenters. The van der Waals surface area contributed by atoms with Crippen molar-refractivity contribution in [2.24, 2.45) is 0 Å². The summed E-state index contributed by atoms with van der Waals surface area (Å²) >= 11 is 0. The molecule has 21 aromatic rings. The van der Waals surface area contributed by atoms with Gasteiger partial charge in [0.15, 0.2) is 0 Å². The molecule has 0 saturated heterocycles. The van der Waals surface area contributed by atoms with Crippen LogP contribution >= 0.6 is 0 Å². The minimum absolute atomic E-state index is 0.161. The summed E-state index contributed by atoms with van der Waals surface area (Å²) in [5.41, 5.74) is 14.5. The van der Waals surface area contributed by atoms with Gasteiger partial charge in [0.05, 0.1) is 48.5 Å². The Balaban J connectivity index is 0.820. The Hall–Kier alpha value is -14.1. The van der Waals surface area contributed by atoms with E-state index in [1.54, 1.807) is 12.1 Å². The Morgan fingerprint density at radius 2 is 0.755 bits per heavy atom. The summed E-state index contributed by atoms with van der Waals surface area (Å²) in [7, 11) is 0. The Morgan fingerprint density at radius 3 is 1.14 bits per heavy atom. The second-order valence-corrected chi connectivity index (χ2v) is 37.1. The van der Waals surface area contributed by atoms with Crippen molar-refractivity contribution in [1.82, 2.24) is 19.9 Å². The maximum atomic E-state index is 14.4. The van der Waals surface area contributed by atoms with Gasteiger partial charge in [-0.1, -0.05) is 178 Å². The minimum atomic E-state index is -0.784. The van der Waals surface area contributed by atoms with Gasteiger partial charge < -0.3 is 42.3 Å². The van der Waals surface area contributed by atoms with E-state index in [1.165, 1.54) is 11.3 Å². The molecule has 16 nitrogen and oxygen atoms in total. The Bertz CT molecular complexity index is 7200. The molecular formula is C123H122N6O10. The molecule has 23 rings (SSSR count). The molecule has 704 valence electrons. The van der Waals surface area contributed by atoms with E-state index in [9.17, 15) is 14.4 Å². The first-order valence-corrected chi connectivity index (χ1v) is 50.1. The molecule has 0 aliphatic carbocycles. The van der Waals surface area contributed by atoms with Gasteiger partial charge in [0.1, 0.15) is 23.3 Å². The smallest absolute Gasteiger partial charge is 0.351 e. The van der Waals surface area contributed by atoms with Crippen molar-refractivity contribution in [1.29, 1.82) is 0 Å². The number of hydrogen-bond acceptors (Lipinski definition) is 16. The number of hydrogen-bond donors (Lipinski definition) is 0. The average Bonchev–Trinajstić information content (AvgIpc) is 0.739. The normalized spacial score (nSPS) is 12.1. The molecule has 9 aromatic carbocycles. The number of anilines is 2. The second-order valence-electron chi connectivity index (χ2n) is 37.1. The topological polar surface area (TPSA) is 182 Å². The molecule has 0 N–H and O–H groups in total. The third-order valence-electron chi connectivity index (χ3n) is 26.1. The van der Waals surface area contributed by atoms with E-state index >= 15 is 0 Å². The van der Waals surface area contributed by atoms with Gasteiger partial charge in [0.25, 0.3) is 0 Å². The molecule has 2 aliphatic rings. The second kappa shape index (κ2) is 47.3. The van der Waals surface area contributed by atoms with E-state index in [2.05, 4.69) is 227 Å². The van der Waals surface area contributed by atoms with Gasteiger partial charge >= 0.3 is 17.2 Å². The summed E-state index contributed by atoms with van der Waals surface area (Å²) < 4.78 is 43.7. The lowest BCUT2D eigenvalue weighted by molar-refractivity contribution is 0.0468. The number of ether oxygens (including phenoxy) is 5. The van der Waals surface area contributed by atoms with Crippen LogP contribution in [0, 0.1) is 62.4 Å². The number of aryl methyl sites for hydroxylation is 4. The molecule has 12 aromatic heterocycles. The number of esters is 1. The highest BCUT2D eigenvalue weighted by molar-refractivity contribution is 5.97. The Kier molecular flexibility index (Phi) is 32.9. The highest BCUT2D eigenvalue weighted by Crippen LogP contribution is 2.41. The van der Waals surface area contributed by atoms with Crippen LogP contribution in [0.25, 0.3) is 130 Å². The van der Waals surface area contributed by atoms with E-state index in [0.717, 1.165) is 278 Å². The third-order valence-corrected chi connectivity index (χ3v) is 26.1. The van der Waals surface area contributed by atoms with Gasteiger partial charge in [0, 0.05) is 182 Å². The van der Waals surface area contributed by atoms with Gasteiger partial charge in [0.2, 0.25) is 0 Å². The van der Waals surface area contributed by atoms with Crippen molar-refractivity contribution in [2.45, 2.75) is 216 Å². The number of nitrogens with zero attached hydrogens (tertiary/aromatic N) is 6. The van der Waals surface area contributed by atoms with Crippen molar-refractivity contribution < 1.29 is 37.3 Å². The zero-order chi connectivity index (χ0) is 95.8. The third kappa shape index (κ3) is 25.5. The van der Waals surface area contributed by atoms with Crippen LogP contribution in [0.2, 0.25) is 0 Å². The molecule has 0 radical (unpaired) electrons. The van der Waals surface area contributed by atoms with Crippen LogP contribution in [0.4, 0.5) is 11.4 Å². The van der Waals surface area contributed by atoms with E-state index in [4.69, 9.17) is 52.5 Å². The molecule has 139 heavy (non-hydrogen) atoms. The van der Waals surface area contributed by atoms with E-state index in [1.807, 2.05) is 80.2 Å². The molecule has 20 bridgehead atoms. The SMILES string of the molecule is CCCCCCOCc1cc2c#cc3cc(COC(=O)c4cc5cc6c7c(c5oc4=O)CCCN7CCC6)cc(c#cc4cc(COCCCCCC)cc(c4)c4ccc(nc4)c4ccc(cn4)c4cc(COCCCCCC)cc(c#cc5cc(CN(CC)c6cc7oc(=O)cc(C)c7cc6C)cc(c#cc6cc(COCCCCCC)cc(c6)c6ccc(nc6)c6ccc(cn6)c(c1)c2)c5)c4)c3. The van der Waals surface area contributed by atoms with Crippen molar-refractivity contribution in [3.8, 4) is 0 Å². The molecular weight excluding hydrogens is 1720 g/mol. The van der Waals surface area contributed by atoms with Crippen LogP contribution < -0.4 is 21.1 Å². The number of carbonyl (C=O) groups excluding carboxylic acids is 1. The number of benzene rings is 8. The molecule has 16 heteroatoms. The summed E-state index contributed by atoms with van der Waals surface area (Å²) in [5.74, 6) is -0.784. The fraction of sp³-hybridized carbons (Fsp3) is 0.325. The Morgan fingerprint density at radius 1 is 0.374 bits per heavy atom. The molecule has 14 heterocycles.